The molecule has 1 heterocycles. The van der Waals surface area contributed by atoms with Crippen molar-refractivity contribution in [1.82, 2.24) is 4.31 Å². The number of nitrogens with zero attached hydrogens (tertiary/aromatic N) is 1. The molecule has 1 N–H and O–H groups in total. The summed E-state index contributed by atoms with van der Waals surface area (Å²) >= 11 is 0. The lowest BCUT2D eigenvalue weighted by atomic mass is 10.1. The highest BCUT2D eigenvalue weighted by molar-refractivity contribution is 7.89. The van der Waals surface area contributed by atoms with Crippen molar-refractivity contribution in [3.8, 4) is 11.5 Å². The van der Waals surface area contributed by atoms with Gasteiger partial charge in [0.1, 0.15) is 11.5 Å². The van der Waals surface area contributed by atoms with E-state index in [1.165, 1.54) is 26.4 Å². The van der Waals surface area contributed by atoms with Crippen LogP contribution in [0.5, 0.6) is 11.5 Å². The molecule has 2 aromatic rings. The Morgan fingerprint density at radius 3 is 2.17 bits per heavy atom. The number of hydrogen-bond donors (Lipinski definition) is 1. The van der Waals surface area contributed by atoms with Crippen molar-refractivity contribution in [2.45, 2.75) is 30.6 Å². The van der Waals surface area contributed by atoms with Gasteiger partial charge in [0, 0.05) is 24.8 Å². The van der Waals surface area contributed by atoms with Crippen LogP contribution in [0.4, 0.5) is 5.69 Å². The van der Waals surface area contributed by atoms with Gasteiger partial charge < -0.3 is 14.8 Å². The molecule has 0 spiro atoms. The number of carbonyl (C=O) groups is 1. The van der Waals surface area contributed by atoms with Crippen LogP contribution in [-0.2, 0) is 10.0 Å². The van der Waals surface area contributed by atoms with E-state index in [0.29, 0.717) is 35.8 Å². The number of rotatable bonds is 6. The van der Waals surface area contributed by atoms with Crippen LogP contribution in [0.15, 0.2) is 47.4 Å². The van der Waals surface area contributed by atoms with Crippen molar-refractivity contribution >= 4 is 21.6 Å². The maximum Gasteiger partial charge on any atom is 0.259 e. The van der Waals surface area contributed by atoms with Gasteiger partial charge in [0.05, 0.1) is 24.7 Å². The normalized spacial score (nSPS) is 15.4. The molecule has 7 nitrogen and oxygen atoms in total. The minimum atomic E-state index is -3.51. The molecule has 1 aliphatic heterocycles. The Hall–Kier alpha value is -2.58. The lowest BCUT2D eigenvalue weighted by Gasteiger charge is -2.20. The van der Waals surface area contributed by atoms with Crippen molar-refractivity contribution in [2.24, 2.45) is 0 Å². The molecule has 2 aromatic carbocycles. The third-order valence-electron chi connectivity index (χ3n) is 4.97. The van der Waals surface area contributed by atoms with E-state index in [2.05, 4.69) is 5.32 Å². The number of nitrogens with one attached hydrogen (secondary N) is 1. The standard InChI is InChI=1S/C21H26N2O5S/c1-27-17-9-12-19(20(15-17)28-2)21(24)22-16-7-10-18(11-8-16)29(25,26)23-13-5-3-4-6-14-23/h7-12,15H,3-6,13-14H2,1-2H3,(H,22,24). The van der Waals surface area contributed by atoms with Crippen molar-refractivity contribution in [2.75, 3.05) is 32.6 Å². The van der Waals surface area contributed by atoms with Gasteiger partial charge in [-0.2, -0.15) is 4.31 Å². The lowest BCUT2D eigenvalue weighted by molar-refractivity contribution is 0.102. The van der Waals surface area contributed by atoms with Crippen molar-refractivity contribution in [1.29, 1.82) is 0 Å². The second kappa shape index (κ2) is 9.28. The lowest BCUT2D eigenvalue weighted by Crippen LogP contribution is -2.31. The number of anilines is 1. The zero-order valence-corrected chi connectivity index (χ0v) is 17.5. The van der Waals surface area contributed by atoms with E-state index in [1.807, 2.05) is 0 Å². The average molecular weight is 419 g/mol. The van der Waals surface area contributed by atoms with Crippen LogP contribution in [-0.4, -0.2) is 45.9 Å². The smallest absolute Gasteiger partial charge is 0.259 e. The maximum atomic E-state index is 12.8. The fraction of sp³-hybridized carbons (Fsp3) is 0.381. The monoisotopic (exact) mass is 418 g/mol. The van der Waals surface area contributed by atoms with Crippen LogP contribution in [0.1, 0.15) is 36.0 Å². The molecular formula is C21H26N2O5S. The van der Waals surface area contributed by atoms with E-state index in [9.17, 15) is 13.2 Å². The number of amides is 1. The zero-order chi connectivity index (χ0) is 20.9. The molecule has 3 rings (SSSR count). The van der Waals surface area contributed by atoms with Crippen LogP contribution in [0.2, 0.25) is 0 Å². The van der Waals surface area contributed by atoms with Gasteiger partial charge in [-0.15, -0.1) is 0 Å². The molecule has 156 valence electrons. The molecule has 0 radical (unpaired) electrons. The first-order valence-corrected chi connectivity index (χ1v) is 11.0. The third kappa shape index (κ3) is 4.89. The summed E-state index contributed by atoms with van der Waals surface area (Å²) in [5, 5.41) is 2.77. The summed E-state index contributed by atoms with van der Waals surface area (Å²) in [5.74, 6) is 0.622. The first kappa shape index (κ1) is 21.1. The molecule has 1 amide bonds. The van der Waals surface area contributed by atoms with Crippen molar-refractivity contribution in [3.63, 3.8) is 0 Å². The summed E-state index contributed by atoms with van der Waals surface area (Å²) in [5.41, 5.74) is 0.859. The van der Waals surface area contributed by atoms with Crippen LogP contribution in [0.25, 0.3) is 0 Å². The third-order valence-corrected chi connectivity index (χ3v) is 6.88. The van der Waals surface area contributed by atoms with Gasteiger partial charge in [0.15, 0.2) is 0 Å². The number of sulfonamides is 1. The Bertz CT molecular complexity index is 950. The Balaban J connectivity index is 1.74. The number of benzene rings is 2. The molecule has 0 saturated carbocycles. The minimum absolute atomic E-state index is 0.236. The van der Waals surface area contributed by atoms with Gasteiger partial charge in [0.2, 0.25) is 10.0 Å². The molecular weight excluding hydrogens is 392 g/mol. The van der Waals surface area contributed by atoms with Gasteiger partial charge in [-0.05, 0) is 49.2 Å². The molecule has 1 saturated heterocycles. The van der Waals surface area contributed by atoms with Gasteiger partial charge >= 0.3 is 0 Å². The summed E-state index contributed by atoms with van der Waals surface area (Å²) < 4.78 is 37.7. The number of ether oxygens (including phenoxy) is 2. The SMILES string of the molecule is COc1ccc(C(=O)Nc2ccc(S(=O)(=O)N3CCCCCC3)cc2)c(OC)c1. The van der Waals surface area contributed by atoms with Crippen molar-refractivity contribution < 1.29 is 22.7 Å². The van der Waals surface area contributed by atoms with E-state index >= 15 is 0 Å². The summed E-state index contributed by atoms with van der Waals surface area (Å²) in [6.07, 6.45) is 3.89. The first-order chi connectivity index (χ1) is 14.0. The van der Waals surface area contributed by atoms with E-state index in [-0.39, 0.29) is 10.8 Å². The molecule has 0 unspecified atom stereocenters. The zero-order valence-electron chi connectivity index (χ0n) is 16.7. The molecule has 8 heteroatoms. The van der Waals surface area contributed by atoms with E-state index < -0.39 is 10.0 Å². The summed E-state index contributed by atoms with van der Waals surface area (Å²) in [7, 11) is -0.497. The second-order valence-corrected chi connectivity index (χ2v) is 8.80. The predicted octanol–water partition coefficient (Wildman–Crippen LogP) is 3.52. The van der Waals surface area contributed by atoms with Gasteiger partial charge in [-0.3, -0.25) is 4.79 Å². The first-order valence-electron chi connectivity index (χ1n) is 9.59. The number of methoxy groups -OCH3 is 2. The maximum absolute atomic E-state index is 12.8. The van der Waals surface area contributed by atoms with Crippen LogP contribution in [0, 0.1) is 0 Å². The molecule has 1 fully saturated rings. The number of hydrogen-bond acceptors (Lipinski definition) is 5. The molecule has 29 heavy (non-hydrogen) atoms. The van der Waals surface area contributed by atoms with E-state index in [4.69, 9.17) is 9.47 Å². The fourth-order valence-electron chi connectivity index (χ4n) is 3.33. The molecule has 0 bridgehead atoms. The molecule has 1 aliphatic rings. The van der Waals surface area contributed by atoms with Crippen LogP contribution in [0.3, 0.4) is 0 Å². The highest BCUT2D eigenvalue weighted by Crippen LogP contribution is 2.26. The molecule has 0 aliphatic carbocycles. The minimum Gasteiger partial charge on any atom is -0.497 e. The Labute approximate surface area is 171 Å². The summed E-state index contributed by atoms with van der Waals surface area (Å²) in [6.45, 7) is 1.11. The summed E-state index contributed by atoms with van der Waals surface area (Å²) in [6, 6.07) is 11.2. The van der Waals surface area contributed by atoms with Gasteiger partial charge in [-0.25, -0.2) is 8.42 Å². The summed E-state index contributed by atoms with van der Waals surface area (Å²) in [4.78, 5) is 12.8. The van der Waals surface area contributed by atoms with Crippen molar-refractivity contribution in [3.05, 3.63) is 48.0 Å². The predicted molar refractivity (Wildman–Crippen MR) is 111 cm³/mol. The highest BCUT2D eigenvalue weighted by atomic mass is 32.2. The Morgan fingerprint density at radius 1 is 0.931 bits per heavy atom. The molecule has 0 atom stereocenters. The fourth-order valence-corrected chi connectivity index (χ4v) is 4.84. The highest BCUT2D eigenvalue weighted by Gasteiger charge is 2.25. The molecule has 0 aromatic heterocycles. The van der Waals surface area contributed by atoms with E-state index in [0.717, 1.165) is 25.7 Å². The number of carbonyl (C=O) groups excluding carboxylic acids is 1. The average Bonchev–Trinajstić information content (AvgIpc) is 3.03. The van der Waals surface area contributed by atoms with Gasteiger partial charge in [-0.1, -0.05) is 12.8 Å². The van der Waals surface area contributed by atoms with E-state index in [1.54, 1.807) is 34.6 Å². The largest absolute Gasteiger partial charge is 0.497 e. The second-order valence-electron chi connectivity index (χ2n) is 6.86. The Morgan fingerprint density at radius 2 is 1.59 bits per heavy atom. The van der Waals surface area contributed by atoms with Crippen LogP contribution >= 0.6 is 0 Å². The van der Waals surface area contributed by atoms with Crippen LogP contribution < -0.4 is 14.8 Å². The topological polar surface area (TPSA) is 84.9 Å². The van der Waals surface area contributed by atoms with Gasteiger partial charge in [0.25, 0.3) is 5.91 Å². The quantitative estimate of drug-likeness (QED) is 0.776. The Kier molecular flexibility index (Phi) is 6.76.